The van der Waals surface area contributed by atoms with E-state index in [1.54, 1.807) is 0 Å². The van der Waals surface area contributed by atoms with Gasteiger partial charge in [-0.15, -0.1) is 0 Å². The number of hydrogen-bond acceptors (Lipinski definition) is 3. The molecule has 0 aromatic heterocycles. The molecule has 0 aliphatic heterocycles. The summed E-state index contributed by atoms with van der Waals surface area (Å²) in [7, 11) is 0. The van der Waals surface area contributed by atoms with Crippen LogP contribution in [0.15, 0.2) is 42.5 Å². The fourth-order valence-corrected chi connectivity index (χ4v) is 6.07. The molecule has 2 aromatic rings. The van der Waals surface area contributed by atoms with Crippen molar-refractivity contribution in [3.05, 3.63) is 53.6 Å². The third-order valence-electron chi connectivity index (χ3n) is 7.52. The van der Waals surface area contributed by atoms with Crippen LogP contribution in [0, 0.1) is 17.3 Å². The van der Waals surface area contributed by atoms with Gasteiger partial charge in [0.15, 0.2) is 0 Å². The van der Waals surface area contributed by atoms with E-state index in [1.165, 1.54) is 17.5 Å². The van der Waals surface area contributed by atoms with Crippen molar-refractivity contribution >= 4 is 11.5 Å². The lowest BCUT2D eigenvalue weighted by Gasteiger charge is -2.48. The van der Waals surface area contributed by atoms with Gasteiger partial charge in [-0.3, -0.25) is 4.79 Å². The average molecular weight is 361 g/mol. The molecule has 4 atom stereocenters. The molecule has 3 aliphatic carbocycles. The smallest absolute Gasteiger partial charge is 0.139 e. The van der Waals surface area contributed by atoms with E-state index in [4.69, 9.17) is 10.5 Å². The molecule has 0 bridgehead atoms. The van der Waals surface area contributed by atoms with Gasteiger partial charge in [0.2, 0.25) is 0 Å². The molecule has 3 nitrogen and oxygen atoms in total. The molecule has 5 rings (SSSR count). The highest BCUT2D eigenvalue weighted by Crippen LogP contribution is 2.59. The quantitative estimate of drug-likeness (QED) is 0.720. The minimum Gasteiger partial charge on any atom is -0.457 e. The highest BCUT2D eigenvalue weighted by Gasteiger charge is 2.54. The van der Waals surface area contributed by atoms with Crippen LogP contribution in [0.4, 0.5) is 5.69 Å². The van der Waals surface area contributed by atoms with Gasteiger partial charge in [0.05, 0.1) is 0 Å². The number of hydrogen-bond donors (Lipinski definition) is 1. The summed E-state index contributed by atoms with van der Waals surface area (Å²) in [4.78, 5) is 12.5. The molecule has 0 spiro atoms. The third-order valence-corrected chi connectivity index (χ3v) is 7.52. The average Bonchev–Trinajstić information content (AvgIpc) is 2.98. The SMILES string of the molecule is CC12CCC3c4ccc(Oc5ccc(N)cc5)cc4CCC3C1CCC2=O. The zero-order chi connectivity index (χ0) is 18.6. The Morgan fingerprint density at radius 2 is 1.78 bits per heavy atom. The van der Waals surface area contributed by atoms with E-state index in [0.29, 0.717) is 23.5 Å². The van der Waals surface area contributed by atoms with Gasteiger partial charge in [-0.05, 0) is 97.4 Å². The van der Waals surface area contributed by atoms with Crippen molar-refractivity contribution in [1.29, 1.82) is 0 Å². The van der Waals surface area contributed by atoms with Crippen LogP contribution in [0.3, 0.4) is 0 Å². The molecule has 2 N–H and O–H groups in total. The van der Waals surface area contributed by atoms with E-state index in [2.05, 4.69) is 25.1 Å². The topological polar surface area (TPSA) is 52.3 Å². The van der Waals surface area contributed by atoms with E-state index in [9.17, 15) is 4.79 Å². The summed E-state index contributed by atoms with van der Waals surface area (Å²) < 4.78 is 6.03. The maximum absolute atomic E-state index is 12.5. The van der Waals surface area contributed by atoms with Gasteiger partial charge in [-0.25, -0.2) is 0 Å². The summed E-state index contributed by atoms with van der Waals surface area (Å²) in [5.41, 5.74) is 9.38. The number of fused-ring (bicyclic) bond motifs is 5. The monoisotopic (exact) mass is 361 g/mol. The first kappa shape index (κ1) is 16.9. The number of carbonyl (C=O) groups is 1. The van der Waals surface area contributed by atoms with E-state index in [1.807, 2.05) is 24.3 Å². The Kier molecular flexibility index (Phi) is 3.82. The molecule has 2 fully saturated rings. The highest BCUT2D eigenvalue weighted by molar-refractivity contribution is 5.87. The number of anilines is 1. The molecule has 0 radical (unpaired) electrons. The maximum atomic E-state index is 12.5. The number of ketones is 1. The predicted molar refractivity (Wildman–Crippen MR) is 107 cm³/mol. The number of Topliss-reactive ketones (excluding diaryl/α,β-unsaturated/α-hetero) is 1. The van der Waals surface area contributed by atoms with Crippen LogP contribution in [0.2, 0.25) is 0 Å². The standard InChI is InChI=1S/C24H27NO2/c1-24-13-12-20-19-9-7-18(27-17-5-3-16(25)4-6-17)14-15(19)2-8-21(20)22(24)10-11-23(24)26/h3-7,9,14,20-22H,2,8,10-13,25H2,1H3. The number of rotatable bonds is 2. The second-order valence-corrected chi connectivity index (χ2v) is 8.87. The number of nitrogen functional groups attached to an aromatic ring is 1. The fourth-order valence-electron chi connectivity index (χ4n) is 6.07. The molecule has 0 amide bonds. The number of aryl methyl sites for hydroxylation is 1. The summed E-state index contributed by atoms with van der Waals surface area (Å²) in [6.45, 7) is 2.24. The van der Waals surface area contributed by atoms with Gasteiger partial charge < -0.3 is 10.5 Å². The lowest BCUT2D eigenvalue weighted by atomic mass is 9.55. The first-order valence-electron chi connectivity index (χ1n) is 10.2. The van der Waals surface area contributed by atoms with Crippen molar-refractivity contribution in [2.45, 2.75) is 51.4 Å². The fraction of sp³-hybridized carbons (Fsp3) is 0.458. The van der Waals surface area contributed by atoms with E-state index < -0.39 is 0 Å². The Hall–Kier alpha value is -2.29. The summed E-state index contributed by atoms with van der Waals surface area (Å²) in [5.74, 6) is 4.10. The minimum atomic E-state index is -0.0448. The van der Waals surface area contributed by atoms with E-state index >= 15 is 0 Å². The van der Waals surface area contributed by atoms with Gasteiger partial charge in [0, 0.05) is 17.5 Å². The van der Waals surface area contributed by atoms with Crippen molar-refractivity contribution in [3.8, 4) is 11.5 Å². The molecule has 4 unspecified atom stereocenters. The maximum Gasteiger partial charge on any atom is 0.139 e. The zero-order valence-corrected chi connectivity index (χ0v) is 15.9. The van der Waals surface area contributed by atoms with Gasteiger partial charge in [0.1, 0.15) is 17.3 Å². The lowest BCUT2D eigenvalue weighted by Crippen LogP contribution is -2.42. The van der Waals surface area contributed by atoms with Gasteiger partial charge in [0.25, 0.3) is 0 Å². The molecule has 0 heterocycles. The van der Waals surface area contributed by atoms with Crippen molar-refractivity contribution in [2.24, 2.45) is 17.3 Å². The number of carbonyl (C=O) groups excluding carboxylic acids is 1. The van der Waals surface area contributed by atoms with Crippen LogP contribution in [-0.2, 0) is 11.2 Å². The molecule has 27 heavy (non-hydrogen) atoms. The van der Waals surface area contributed by atoms with Crippen LogP contribution >= 0.6 is 0 Å². The van der Waals surface area contributed by atoms with Crippen molar-refractivity contribution in [2.75, 3.05) is 5.73 Å². The van der Waals surface area contributed by atoms with Gasteiger partial charge >= 0.3 is 0 Å². The Morgan fingerprint density at radius 3 is 2.59 bits per heavy atom. The zero-order valence-electron chi connectivity index (χ0n) is 15.9. The number of benzene rings is 2. The third kappa shape index (κ3) is 2.67. The van der Waals surface area contributed by atoms with Crippen LogP contribution in [0.25, 0.3) is 0 Å². The van der Waals surface area contributed by atoms with Crippen molar-refractivity contribution in [3.63, 3.8) is 0 Å². The summed E-state index contributed by atoms with van der Waals surface area (Å²) in [5, 5.41) is 0. The first-order valence-corrected chi connectivity index (χ1v) is 10.2. The van der Waals surface area contributed by atoms with Gasteiger partial charge in [-0.2, -0.15) is 0 Å². The number of nitrogens with two attached hydrogens (primary N) is 1. The molecule has 0 saturated heterocycles. The number of ether oxygens (including phenoxy) is 1. The Morgan fingerprint density at radius 1 is 1.00 bits per heavy atom. The Bertz CT molecular complexity index is 888. The molecule has 140 valence electrons. The lowest BCUT2D eigenvalue weighted by molar-refractivity contribution is -0.129. The molecule has 3 aliphatic rings. The molecule has 2 saturated carbocycles. The largest absolute Gasteiger partial charge is 0.457 e. The van der Waals surface area contributed by atoms with Crippen LogP contribution in [0.5, 0.6) is 11.5 Å². The highest BCUT2D eigenvalue weighted by atomic mass is 16.5. The molecule has 2 aromatic carbocycles. The normalized spacial score (nSPS) is 31.7. The Balaban J connectivity index is 1.40. The van der Waals surface area contributed by atoms with Crippen LogP contribution < -0.4 is 10.5 Å². The van der Waals surface area contributed by atoms with Crippen LogP contribution in [-0.4, -0.2) is 5.78 Å². The van der Waals surface area contributed by atoms with Crippen molar-refractivity contribution in [1.82, 2.24) is 0 Å². The van der Waals surface area contributed by atoms with E-state index in [0.717, 1.165) is 49.3 Å². The first-order chi connectivity index (χ1) is 13.0. The predicted octanol–water partition coefficient (Wildman–Crippen LogP) is 5.49. The second kappa shape index (κ2) is 6.12. The second-order valence-electron chi connectivity index (χ2n) is 8.87. The molecular formula is C24H27NO2. The summed E-state index contributed by atoms with van der Waals surface area (Å²) >= 11 is 0. The molecular weight excluding hydrogens is 334 g/mol. The minimum absolute atomic E-state index is 0.0448. The van der Waals surface area contributed by atoms with Crippen LogP contribution in [0.1, 0.15) is 56.1 Å². The van der Waals surface area contributed by atoms with E-state index in [-0.39, 0.29) is 5.41 Å². The van der Waals surface area contributed by atoms with Gasteiger partial charge in [-0.1, -0.05) is 13.0 Å². The molecule has 3 heteroatoms. The van der Waals surface area contributed by atoms with Crippen molar-refractivity contribution < 1.29 is 9.53 Å². The summed E-state index contributed by atoms with van der Waals surface area (Å²) in [6, 6.07) is 14.1. The Labute approximate surface area is 160 Å². The summed E-state index contributed by atoms with van der Waals surface area (Å²) in [6.07, 6.45) is 6.40.